The predicted molar refractivity (Wildman–Crippen MR) is 50.1 cm³/mol. The van der Waals surface area contributed by atoms with E-state index < -0.39 is 0 Å². The maximum absolute atomic E-state index is 9.35. The fraction of sp³-hybridized carbons (Fsp3) is 1.00. The Labute approximate surface area is 74.8 Å². The number of aliphatic hydroxyl groups is 1. The number of aliphatic hydroxyl groups excluding tert-OH is 1. The molecule has 0 aromatic rings. The van der Waals surface area contributed by atoms with Crippen molar-refractivity contribution >= 4 is 11.6 Å². The summed E-state index contributed by atoms with van der Waals surface area (Å²) in [6.07, 6.45) is 6.26. The van der Waals surface area contributed by atoms with E-state index in [0.29, 0.717) is 5.88 Å². The van der Waals surface area contributed by atoms with Gasteiger partial charge in [0.2, 0.25) is 0 Å². The fourth-order valence-corrected chi connectivity index (χ4v) is 1.24. The molecule has 0 aliphatic heterocycles. The van der Waals surface area contributed by atoms with Crippen LogP contribution in [-0.2, 0) is 0 Å². The third-order valence-electron chi connectivity index (χ3n) is 1.81. The molecule has 0 heterocycles. The summed E-state index contributed by atoms with van der Waals surface area (Å²) in [6, 6.07) is 0. The molecule has 0 aromatic heterocycles. The van der Waals surface area contributed by atoms with Crippen molar-refractivity contribution in [3.63, 3.8) is 0 Å². The van der Waals surface area contributed by atoms with Crippen LogP contribution in [-0.4, -0.2) is 17.1 Å². The van der Waals surface area contributed by atoms with Gasteiger partial charge in [-0.25, -0.2) is 0 Å². The maximum atomic E-state index is 9.35. The Hall–Kier alpha value is 0.250. The van der Waals surface area contributed by atoms with Gasteiger partial charge in [-0.05, 0) is 19.3 Å². The molecule has 1 nitrogen and oxygen atoms in total. The van der Waals surface area contributed by atoms with Crippen molar-refractivity contribution in [3.8, 4) is 0 Å². The molecule has 1 N–H and O–H groups in total. The molecule has 0 saturated heterocycles. The zero-order chi connectivity index (χ0) is 8.53. The second kappa shape index (κ2) is 8.35. The monoisotopic (exact) mass is 178 g/mol. The fourth-order valence-electron chi connectivity index (χ4n) is 1.09. The molecule has 11 heavy (non-hydrogen) atoms. The van der Waals surface area contributed by atoms with Crippen LogP contribution in [0.15, 0.2) is 0 Å². The van der Waals surface area contributed by atoms with Crippen LogP contribution in [0, 0.1) is 0 Å². The highest BCUT2D eigenvalue weighted by Gasteiger charge is 2.01. The molecule has 0 rings (SSSR count). The summed E-state index contributed by atoms with van der Waals surface area (Å²) in [5.41, 5.74) is 0. The number of hydrogen-bond donors (Lipinski definition) is 1. The smallest absolute Gasteiger partial charge is 0.0540 e. The standard InChI is InChI=1S/C9H19ClO/c1-2-3-4-6-9(11)7-5-8-10/h9,11H,2-8H2,1H3. The second-order valence-corrected chi connectivity index (χ2v) is 3.36. The van der Waals surface area contributed by atoms with Crippen molar-refractivity contribution in [2.24, 2.45) is 0 Å². The number of rotatable bonds is 7. The molecule has 1 unspecified atom stereocenters. The average molecular weight is 179 g/mol. The van der Waals surface area contributed by atoms with Gasteiger partial charge in [-0.1, -0.05) is 26.2 Å². The minimum Gasteiger partial charge on any atom is -0.393 e. The largest absolute Gasteiger partial charge is 0.393 e. The van der Waals surface area contributed by atoms with E-state index in [9.17, 15) is 5.11 Å². The molecule has 0 bridgehead atoms. The lowest BCUT2D eigenvalue weighted by Gasteiger charge is -2.07. The highest BCUT2D eigenvalue weighted by atomic mass is 35.5. The van der Waals surface area contributed by atoms with Crippen LogP contribution < -0.4 is 0 Å². The van der Waals surface area contributed by atoms with Crippen LogP contribution in [0.5, 0.6) is 0 Å². The first kappa shape index (κ1) is 11.2. The summed E-state index contributed by atoms with van der Waals surface area (Å²) in [4.78, 5) is 0. The van der Waals surface area contributed by atoms with Gasteiger partial charge in [0, 0.05) is 5.88 Å². The highest BCUT2D eigenvalue weighted by molar-refractivity contribution is 6.17. The summed E-state index contributed by atoms with van der Waals surface area (Å²) in [5.74, 6) is 0.671. The van der Waals surface area contributed by atoms with E-state index in [-0.39, 0.29) is 6.10 Å². The summed E-state index contributed by atoms with van der Waals surface area (Å²) >= 11 is 5.50. The van der Waals surface area contributed by atoms with Gasteiger partial charge in [0.15, 0.2) is 0 Å². The average Bonchev–Trinajstić information content (AvgIpc) is 2.01. The van der Waals surface area contributed by atoms with E-state index in [2.05, 4.69) is 6.92 Å². The lowest BCUT2D eigenvalue weighted by atomic mass is 10.1. The van der Waals surface area contributed by atoms with Crippen LogP contribution >= 0.6 is 11.6 Å². The summed E-state index contributed by atoms with van der Waals surface area (Å²) < 4.78 is 0. The van der Waals surface area contributed by atoms with Crippen LogP contribution in [0.25, 0.3) is 0 Å². The lowest BCUT2D eigenvalue weighted by Crippen LogP contribution is -2.05. The molecule has 0 aliphatic rings. The molecule has 0 aromatic carbocycles. The van der Waals surface area contributed by atoms with E-state index in [1.807, 2.05) is 0 Å². The van der Waals surface area contributed by atoms with Crippen molar-refractivity contribution in [2.45, 2.75) is 51.6 Å². The van der Waals surface area contributed by atoms with Crippen molar-refractivity contribution in [3.05, 3.63) is 0 Å². The van der Waals surface area contributed by atoms with Gasteiger partial charge >= 0.3 is 0 Å². The second-order valence-electron chi connectivity index (χ2n) is 2.98. The van der Waals surface area contributed by atoms with Gasteiger partial charge < -0.3 is 5.11 Å². The number of hydrogen-bond acceptors (Lipinski definition) is 1. The van der Waals surface area contributed by atoms with Gasteiger partial charge in [-0.2, -0.15) is 0 Å². The van der Waals surface area contributed by atoms with E-state index in [4.69, 9.17) is 11.6 Å². The minimum absolute atomic E-state index is 0.111. The molecular formula is C9H19ClO. The van der Waals surface area contributed by atoms with E-state index in [0.717, 1.165) is 25.7 Å². The van der Waals surface area contributed by atoms with Crippen molar-refractivity contribution in [1.29, 1.82) is 0 Å². The molecule has 2 heteroatoms. The summed E-state index contributed by atoms with van der Waals surface area (Å²) in [7, 11) is 0. The first-order valence-corrected chi connectivity index (χ1v) is 5.08. The van der Waals surface area contributed by atoms with Crippen LogP contribution in [0.1, 0.15) is 45.4 Å². The maximum Gasteiger partial charge on any atom is 0.0540 e. The van der Waals surface area contributed by atoms with E-state index in [1.165, 1.54) is 12.8 Å². The molecule has 68 valence electrons. The SMILES string of the molecule is CCCCCC(O)CCCCl. The lowest BCUT2D eigenvalue weighted by molar-refractivity contribution is 0.150. The Bertz CT molecular complexity index is 76.0. The molecule has 0 radical (unpaired) electrons. The third-order valence-corrected chi connectivity index (χ3v) is 2.08. The van der Waals surface area contributed by atoms with Gasteiger partial charge in [-0.15, -0.1) is 11.6 Å². The third kappa shape index (κ3) is 8.15. The number of halogens is 1. The Morgan fingerprint density at radius 1 is 1.18 bits per heavy atom. The zero-order valence-corrected chi connectivity index (χ0v) is 8.11. The molecule has 1 atom stereocenters. The molecule has 0 amide bonds. The Morgan fingerprint density at radius 2 is 1.82 bits per heavy atom. The van der Waals surface area contributed by atoms with Crippen LogP contribution in [0.2, 0.25) is 0 Å². The Kier molecular flexibility index (Phi) is 8.54. The molecule has 0 saturated carbocycles. The minimum atomic E-state index is -0.111. The summed E-state index contributed by atoms with van der Waals surface area (Å²) in [5, 5.41) is 9.35. The van der Waals surface area contributed by atoms with E-state index in [1.54, 1.807) is 0 Å². The van der Waals surface area contributed by atoms with Crippen molar-refractivity contribution in [1.82, 2.24) is 0 Å². The van der Waals surface area contributed by atoms with E-state index >= 15 is 0 Å². The van der Waals surface area contributed by atoms with Crippen LogP contribution in [0.3, 0.4) is 0 Å². The van der Waals surface area contributed by atoms with Gasteiger partial charge in [0.1, 0.15) is 0 Å². The zero-order valence-electron chi connectivity index (χ0n) is 7.35. The topological polar surface area (TPSA) is 20.2 Å². The number of unbranched alkanes of at least 4 members (excludes halogenated alkanes) is 2. The van der Waals surface area contributed by atoms with Crippen molar-refractivity contribution in [2.75, 3.05) is 5.88 Å². The van der Waals surface area contributed by atoms with Crippen molar-refractivity contribution < 1.29 is 5.11 Å². The molecule has 0 fully saturated rings. The first-order chi connectivity index (χ1) is 5.31. The predicted octanol–water partition coefficient (Wildman–Crippen LogP) is 2.95. The molecule has 0 spiro atoms. The normalized spacial score (nSPS) is 13.4. The highest BCUT2D eigenvalue weighted by Crippen LogP contribution is 2.08. The Morgan fingerprint density at radius 3 is 2.36 bits per heavy atom. The summed E-state index contributed by atoms with van der Waals surface area (Å²) in [6.45, 7) is 2.17. The Balaban J connectivity index is 3.02. The van der Waals surface area contributed by atoms with Gasteiger partial charge in [0.05, 0.1) is 6.10 Å². The first-order valence-electron chi connectivity index (χ1n) is 4.55. The van der Waals surface area contributed by atoms with Gasteiger partial charge in [0.25, 0.3) is 0 Å². The van der Waals surface area contributed by atoms with Gasteiger partial charge in [-0.3, -0.25) is 0 Å². The quantitative estimate of drug-likeness (QED) is 0.470. The molecule has 0 aliphatic carbocycles. The van der Waals surface area contributed by atoms with Crippen LogP contribution in [0.4, 0.5) is 0 Å². The molecular weight excluding hydrogens is 160 g/mol. The number of alkyl halides is 1.